The number of rotatable bonds is 4. The molecule has 0 saturated heterocycles. The van der Waals surface area contributed by atoms with Crippen molar-refractivity contribution in [3.05, 3.63) is 48.5 Å². The maximum atomic E-state index is 4.44. The summed E-state index contributed by atoms with van der Waals surface area (Å²) in [7, 11) is 1.96. The van der Waals surface area contributed by atoms with Crippen LogP contribution in [-0.4, -0.2) is 38.4 Å². The van der Waals surface area contributed by atoms with E-state index in [1.807, 2.05) is 37.6 Å². The Labute approximate surface area is 127 Å². The van der Waals surface area contributed by atoms with Gasteiger partial charge in [0.2, 0.25) is 0 Å². The number of hydrogen-bond donors (Lipinski definition) is 2. The van der Waals surface area contributed by atoms with Crippen LogP contribution >= 0.6 is 0 Å². The molecule has 4 aromatic heterocycles. The number of fused-ring (bicyclic) bond motifs is 2. The highest BCUT2D eigenvalue weighted by molar-refractivity contribution is 5.97. The quantitative estimate of drug-likeness (QED) is 0.604. The molecule has 6 nitrogen and oxygen atoms in total. The Balaban J connectivity index is 1.89. The van der Waals surface area contributed by atoms with Gasteiger partial charge in [-0.25, -0.2) is 4.98 Å². The maximum absolute atomic E-state index is 4.44. The highest BCUT2D eigenvalue weighted by Gasteiger charge is 2.12. The average molecular weight is 292 g/mol. The minimum atomic E-state index is 0.909. The summed E-state index contributed by atoms with van der Waals surface area (Å²) >= 11 is 0. The molecule has 0 radical (unpaired) electrons. The van der Waals surface area contributed by atoms with Crippen LogP contribution in [0.2, 0.25) is 0 Å². The third-order valence-corrected chi connectivity index (χ3v) is 3.83. The molecule has 0 unspecified atom stereocenters. The number of aromatic amines is 1. The minimum absolute atomic E-state index is 0.909. The molecule has 0 atom stereocenters. The number of nitrogens with one attached hydrogen (secondary N) is 2. The monoisotopic (exact) mass is 292 g/mol. The number of aromatic nitrogens is 5. The van der Waals surface area contributed by atoms with E-state index in [0.717, 1.165) is 40.6 Å². The van der Waals surface area contributed by atoms with Crippen LogP contribution in [0.5, 0.6) is 0 Å². The lowest BCUT2D eigenvalue weighted by atomic mass is 10.1. The molecule has 0 aliphatic heterocycles. The van der Waals surface area contributed by atoms with Crippen LogP contribution in [0.15, 0.2) is 42.9 Å². The normalized spacial score (nSPS) is 11.5. The van der Waals surface area contributed by atoms with Crippen LogP contribution in [0.4, 0.5) is 0 Å². The van der Waals surface area contributed by atoms with E-state index in [1.54, 1.807) is 10.8 Å². The molecule has 0 aliphatic carbocycles. The minimum Gasteiger partial charge on any atom is -0.343 e. The van der Waals surface area contributed by atoms with Gasteiger partial charge >= 0.3 is 0 Å². The molecule has 6 heteroatoms. The van der Waals surface area contributed by atoms with Gasteiger partial charge in [-0.2, -0.15) is 14.8 Å². The summed E-state index contributed by atoms with van der Waals surface area (Å²) in [6.45, 7) is 0.933. The van der Waals surface area contributed by atoms with Gasteiger partial charge in [0.15, 0.2) is 0 Å². The van der Waals surface area contributed by atoms with Gasteiger partial charge in [-0.1, -0.05) is 0 Å². The van der Waals surface area contributed by atoms with Crippen LogP contribution in [0.25, 0.3) is 27.7 Å². The summed E-state index contributed by atoms with van der Waals surface area (Å²) in [6.07, 6.45) is 6.37. The van der Waals surface area contributed by atoms with Crippen LogP contribution in [0.3, 0.4) is 0 Å². The van der Waals surface area contributed by atoms with Gasteiger partial charge in [-0.15, -0.1) is 0 Å². The molecule has 0 bridgehead atoms. The number of hydrogen-bond acceptors (Lipinski definition) is 4. The predicted molar refractivity (Wildman–Crippen MR) is 85.7 cm³/mol. The SMILES string of the molecule is CNCCc1cc2c(-c3cnn4ncccc34)ccnc2[nH]1. The fourth-order valence-corrected chi connectivity index (χ4v) is 2.75. The molecule has 0 fully saturated rings. The van der Waals surface area contributed by atoms with Crippen LogP contribution in [0, 0.1) is 0 Å². The van der Waals surface area contributed by atoms with E-state index in [2.05, 4.69) is 31.5 Å². The summed E-state index contributed by atoms with van der Waals surface area (Å²) in [5.41, 5.74) is 5.28. The second-order valence-corrected chi connectivity index (χ2v) is 5.23. The van der Waals surface area contributed by atoms with Gasteiger partial charge in [-0.3, -0.25) is 0 Å². The molecule has 4 aromatic rings. The lowest BCUT2D eigenvalue weighted by molar-refractivity contribution is 0.781. The molecule has 110 valence electrons. The zero-order valence-electron chi connectivity index (χ0n) is 12.2. The van der Waals surface area contributed by atoms with Crippen molar-refractivity contribution in [3.8, 4) is 11.1 Å². The number of nitrogens with zero attached hydrogens (tertiary/aromatic N) is 4. The molecule has 4 rings (SSSR count). The Morgan fingerprint density at radius 2 is 2.14 bits per heavy atom. The largest absolute Gasteiger partial charge is 0.343 e. The second kappa shape index (κ2) is 5.23. The summed E-state index contributed by atoms with van der Waals surface area (Å²) in [6, 6.07) is 8.15. The Morgan fingerprint density at radius 3 is 3.05 bits per heavy atom. The van der Waals surface area contributed by atoms with E-state index in [-0.39, 0.29) is 0 Å². The maximum Gasteiger partial charge on any atom is 0.138 e. The first-order chi connectivity index (χ1) is 10.9. The van der Waals surface area contributed by atoms with E-state index in [0.29, 0.717) is 0 Å². The molecular formula is C16H16N6. The molecule has 22 heavy (non-hydrogen) atoms. The van der Waals surface area contributed by atoms with Crippen molar-refractivity contribution in [1.29, 1.82) is 0 Å². The molecule has 2 N–H and O–H groups in total. The van der Waals surface area contributed by atoms with Crippen molar-refractivity contribution < 1.29 is 0 Å². The molecule has 0 aliphatic rings. The summed E-state index contributed by atoms with van der Waals surface area (Å²) < 4.78 is 1.65. The van der Waals surface area contributed by atoms with Crippen LogP contribution in [0.1, 0.15) is 5.69 Å². The Morgan fingerprint density at radius 1 is 1.18 bits per heavy atom. The summed E-state index contributed by atoms with van der Waals surface area (Å²) in [5.74, 6) is 0. The smallest absolute Gasteiger partial charge is 0.138 e. The molecule has 0 aromatic carbocycles. The lowest BCUT2D eigenvalue weighted by Crippen LogP contribution is -2.10. The Kier molecular flexibility index (Phi) is 3.08. The highest BCUT2D eigenvalue weighted by Crippen LogP contribution is 2.30. The van der Waals surface area contributed by atoms with E-state index >= 15 is 0 Å². The predicted octanol–water partition coefficient (Wildman–Crippen LogP) is 2.03. The third kappa shape index (κ3) is 2.05. The van der Waals surface area contributed by atoms with Gasteiger partial charge in [0.05, 0.1) is 11.7 Å². The fraction of sp³-hybridized carbons (Fsp3) is 0.188. The van der Waals surface area contributed by atoms with Gasteiger partial charge in [0, 0.05) is 35.6 Å². The number of H-pyrrole nitrogens is 1. The average Bonchev–Trinajstić information content (AvgIpc) is 3.16. The van der Waals surface area contributed by atoms with Crippen LogP contribution < -0.4 is 5.32 Å². The van der Waals surface area contributed by atoms with E-state index in [1.165, 1.54) is 5.69 Å². The highest BCUT2D eigenvalue weighted by atomic mass is 15.4. The van der Waals surface area contributed by atoms with E-state index < -0.39 is 0 Å². The van der Waals surface area contributed by atoms with E-state index in [4.69, 9.17) is 0 Å². The van der Waals surface area contributed by atoms with Crippen molar-refractivity contribution >= 4 is 16.6 Å². The standard InChI is InChI=1S/C16H16N6/c1-17-7-4-11-9-13-12(5-8-18-16(13)21-11)14-10-20-22-15(14)3-2-6-19-22/h2-3,5-6,8-10,17H,4,7H2,1H3,(H,18,21). The Bertz CT molecular complexity index is 936. The van der Waals surface area contributed by atoms with Gasteiger partial charge in [0.25, 0.3) is 0 Å². The zero-order chi connectivity index (χ0) is 14.9. The zero-order valence-corrected chi connectivity index (χ0v) is 12.2. The number of pyridine rings is 1. The molecular weight excluding hydrogens is 276 g/mol. The van der Waals surface area contributed by atoms with Crippen molar-refractivity contribution in [2.75, 3.05) is 13.6 Å². The van der Waals surface area contributed by atoms with Crippen molar-refractivity contribution in [3.63, 3.8) is 0 Å². The first kappa shape index (κ1) is 13.0. The second-order valence-electron chi connectivity index (χ2n) is 5.23. The van der Waals surface area contributed by atoms with Crippen molar-refractivity contribution in [1.82, 2.24) is 30.1 Å². The van der Waals surface area contributed by atoms with Crippen molar-refractivity contribution in [2.24, 2.45) is 0 Å². The molecule has 0 saturated carbocycles. The van der Waals surface area contributed by atoms with Gasteiger partial charge < -0.3 is 10.3 Å². The fourth-order valence-electron chi connectivity index (χ4n) is 2.75. The molecule has 4 heterocycles. The first-order valence-corrected chi connectivity index (χ1v) is 7.27. The summed E-state index contributed by atoms with van der Waals surface area (Å²) in [4.78, 5) is 7.83. The Hall–Kier alpha value is -2.73. The third-order valence-electron chi connectivity index (χ3n) is 3.83. The molecule has 0 amide bonds. The van der Waals surface area contributed by atoms with Gasteiger partial charge in [-0.05, 0) is 43.3 Å². The lowest BCUT2D eigenvalue weighted by Gasteiger charge is -2.00. The topological polar surface area (TPSA) is 70.9 Å². The van der Waals surface area contributed by atoms with E-state index in [9.17, 15) is 0 Å². The van der Waals surface area contributed by atoms with Crippen molar-refractivity contribution in [2.45, 2.75) is 6.42 Å². The first-order valence-electron chi connectivity index (χ1n) is 7.27. The van der Waals surface area contributed by atoms with Crippen LogP contribution in [-0.2, 0) is 6.42 Å². The molecule has 0 spiro atoms. The summed E-state index contributed by atoms with van der Waals surface area (Å²) in [5, 5.41) is 12.8. The van der Waals surface area contributed by atoms with Gasteiger partial charge in [0.1, 0.15) is 5.65 Å². The number of likely N-dealkylation sites (N-methyl/N-ethyl adjacent to an activating group) is 1.